The highest BCUT2D eigenvalue weighted by atomic mass is 35.5. The molecule has 78 valence electrons. The number of benzene rings is 1. The summed E-state index contributed by atoms with van der Waals surface area (Å²) in [5, 5.41) is 2.36. The molecule has 0 aromatic heterocycles. The van der Waals surface area contributed by atoms with Gasteiger partial charge in [0.15, 0.2) is 5.82 Å². The number of hydrogen-bond donors (Lipinski definition) is 0. The van der Waals surface area contributed by atoms with E-state index in [1.54, 1.807) is 0 Å². The number of thiocarbonyl (C=S) groups is 1. The van der Waals surface area contributed by atoms with E-state index in [-0.39, 0.29) is 16.8 Å². The molecule has 0 unspecified atom stereocenters. The zero-order valence-electron chi connectivity index (χ0n) is 7.67. The molecule has 0 spiro atoms. The van der Waals surface area contributed by atoms with E-state index in [1.807, 2.05) is 0 Å². The highest BCUT2D eigenvalue weighted by Gasteiger charge is 2.25. The quantitative estimate of drug-likeness (QED) is 0.596. The predicted molar refractivity (Wildman–Crippen MR) is 59.7 cm³/mol. The Kier molecular flexibility index (Phi) is 3.00. The van der Waals surface area contributed by atoms with Crippen LogP contribution in [0.1, 0.15) is 12.8 Å². The summed E-state index contributed by atoms with van der Waals surface area (Å²) in [6.45, 7) is 0. The van der Waals surface area contributed by atoms with Gasteiger partial charge in [-0.15, -0.1) is 0 Å². The van der Waals surface area contributed by atoms with Crippen molar-refractivity contribution in [1.82, 2.24) is 0 Å². The van der Waals surface area contributed by atoms with Gasteiger partial charge in [-0.05, 0) is 31.1 Å². The van der Waals surface area contributed by atoms with Gasteiger partial charge in [-0.1, -0.05) is 11.6 Å². The molecule has 1 aromatic rings. The number of nitrogens with zero attached hydrogens (tertiary/aromatic N) is 1. The third-order valence-electron chi connectivity index (χ3n) is 1.99. The lowest BCUT2D eigenvalue weighted by Crippen LogP contribution is -1.96. The van der Waals surface area contributed by atoms with Gasteiger partial charge >= 0.3 is 0 Å². The molecule has 1 aromatic carbocycles. The van der Waals surface area contributed by atoms with Crippen LogP contribution < -0.4 is 4.74 Å². The zero-order valence-corrected chi connectivity index (χ0v) is 9.24. The minimum Gasteiger partial charge on any atom is -0.489 e. The molecule has 1 saturated carbocycles. The first-order chi connectivity index (χ1) is 7.20. The Morgan fingerprint density at radius 3 is 2.87 bits per heavy atom. The van der Waals surface area contributed by atoms with Crippen molar-refractivity contribution in [3.63, 3.8) is 0 Å². The van der Waals surface area contributed by atoms with Crippen molar-refractivity contribution in [1.29, 1.82) is 0 Å². The van der Waals surface area contributed by atoms with Crippen molar-refractivity contribution >= 4 is 34.7 Å². The summed E-state index contributed by atoms with van der Waals surface area (Å²) in [5.41, 5.74) is 0.102. The molecule has 15 heavy (non-hydrogen) atoms. The molecule has 0 N–H and O–H groups in total. The van der Waals surface area contributed by atoms with Crippen LogP contribution in [-0.2, 0) is 0 Å². The average molecular weight is 244 g/mol. The average Bonchev–Trinajstić information content (AvgIpc) is 2.97. The summed E-state index contributed by atoms with van der Waals surface area (Å²) in [6.07, 6.45) is 2.23. The van der Waals surface area contributed by atoms with Gasteiger partial charge in [-0.25, -0.2) is 4.39 Å². The minimum atomic E-state index is -0.527. The van der Waals surface area contributed by atoms with E-state index in [9.17, 15) is 4.39 Å². The Labute approximate surface area is 96.7 Å². The van der Waals surface area contributed by atoms with Crippen molar-refractivity contribution in [2.45, 2.75) is 18.9 Å². The van der Waals surface area contributed by atoms with Gasteiger partial charge in [-0.3, -0.25) is 0 Å². The number of rotatable bonds is 3. The van der Waals surface area contributed by atoms with Gasteiger partial charge < -0.3 is 4.74 Å². The molecule has 0 aliphatic heterocycles. The van der Waals surface area contributed by atoms with Crippen LogP contribution in [0.3, 0.4) is 0 Å². The topological polar surface area (TPSA) is 21.6 Å². The second-order valence-electron chi connectivity index (χ2n) is 3.25. The van der Waals surface area contributed by atoms with Crippen LogP contribution in [0.25, 0.3) is 0 Å². The van der Waals surface area contributed by atoms with Crippen LogP contribution in [0.2, 0.25) is 5.02 Å². The molecule has 2 rings (SSSR count). The van der Waals surface area contributed by atoms with Gasteiger partial charge in [0.25, 0.3) is 0 Å². The monoisotopic (exact) mass is 243 g/mol. The summed E-state index contributed by atoms with van der Waals surface area (Å²) in [5.74, 6) is -0.0786. The molecule has 0 atom stereocenters. The molecule has 0 amide bonds. The Morgan fingerprint density at radius 2 is 2.27 bits per heavy atom. The number of aliphatic imine (C=N–C) groups is 1. The standard InChI is InChI=1S/C10H7ClFNOS/c11-7-3-8(12)9(13-5-15)4-10(7)14-6-1-2-6/h3-4,6H,1-2H2. The van der Waals surface area contributed by atoms with E-state index in [1.165, 1.54) is 12.1 Å². The van der Waals surface area contributed by atoms with Crippen LogP contribution in [0.15, 0.2) is 17.1 Å². The molecule has 1 aliphatic carbocycles. The summed E-state index contributed by atoms with van der Waals surface area (Å²) in [7, 11) is 0. The van der Waals surface area contributed by atoms with Gasteiger partial charge in [0, 0.05) is 6.07 Å². The van der Waals surface area contributed by atoms with Crippen molar-refractivity contribution in [2.75, 3.05) is 0 Å². The summed E-state index contributed by atoms with van der Waals surface area (Å²) >= 11 is 10.2. The largest absolute Gasteiger partial charge is 0.489 e. The first-order valence-electron chi connectivity index (χ1n) is 4.44. The van der Waals surface area contributed by atoms with Gasteiger partial charge in [-0.2, -0.15) is 4.99 Å². The van der Waals surface area contributed by atoms with Crippen LogP contribution in [0.5, 0.6) is 5.75 Å². The lowest BCUT2D eigenvalue weighted by molar-refractivity contribution is 0.303. The fraction of sp³-hybridized carbons (Fsp3) is 0.300. The Bertz CT molecular complexity index is 441. The number of isothiocyanates is 1. The number of halogens is 2. The highest BCUT2D eigenvalue weighted by Crippen LogP contribution is 2.35. The van der Waals surface area contributed by atoms with E-state index in [0.29, 0.717) is 5.75 Å². The van der Waals surface area contributed by atoms with Crippen molar-refractivity contribution in [3.8, 4) is 5.75 Å². The van der Waals surface area contributed by atoms with Crippen molar-refractivity contribution < 1.29 is 9.13 Å². The molecule has 5 heteroatoms. The lowest BCUT2D eigenvalue weighted by atomic mass is 10.3. The SMILES string of the molecule is Fc1cc(Cl)c(OC2CC2)cc1N=C=S. The summed E-state index contributed by atoms with van der Waals surface area (Å²) in [6, 6.07) is 2.61. The molecular formula is C10H7ClFNOS. The maximum atomic E-state index is 13.3. The van der Waals surface area contributed by atoms with Crippen molar-refractivity contribution in [3.05, 3.63) is 23.0 Å². The normalized spacial score (nSPS) is 14.5. The van der Waals surface area contributed by atoms with Crippen LogP contribution in [0, 0.1) is 5.82 Å². The predicted octanol–water partition coefficient (Wildman–Crippen LogP) is 3.75. The highest BCUT2D eigenvalue weighted by molar-refractivity contribution is 7.78. The maximum Gasteiger partial charge on any atom is 0.151 e. The first kappa shape index (κ1) is 10.6. The summed E-state index contributed by atoms with van der Waals surface area (Å²) in [4.78, 5) is 3.59. The molecule has 1 fully saturated rings. The van der Waals surface area contributed by atoms with Crippen LogP contribution in [-0.4, -0.2) is 11.3 Å². The van der Waals surface area contributed by atoms with Gasteiger partial charge in [0.1, 0.15) is 11.4 Å². The third kappa shape index (κ3) is 2.53. The second kappa shape index (κ2) is 4.27. The van der Waals surface area contributed by atoms with E-state index < -0.39 is 5.82 Å². The fourth-order valence-corrected chi connectivity index (χ4v) is 1.40. The zero-order chi connectivity index (χ0) is 10.8. The minimum absolute atomic E-state index is 0.102. The Morgan fingerprint density at radius 1 is 1.53 bits per heavy atom. The smallest absolute Gasteiger partial charge is 0.151 e. The first-order valence-corrected chi connectivity index (χ1v) is 5.23. The summed E-state index contributed by atoms with van der Waals surface area (Å²) < 4.78 is 18.7. The molecule has 0 bridgehead atoms. The van der Waals surface area contributed by atoms with Crippen LogP contribution >= 0.6 is 23.8 Å². The van der Waals surface area contributed by atoms with Crippen molar-refractivity contribution in [2.24, 2.45) is 4.99 Å². The fourth-order valence-electron chi connectivity index (χ4n) is 1.11. The van der Waals surface area contributed by atoms with Gasteiger partial charge in [0.05, 0.1) is 16.3 Å². The number of ether oxygens (including phenoxy) is 1. The molecule has 0 radical (unpaired) electrons. The molecule has 0 heterocycles. The molecule has 0 saturated heterocycles. The second-order valence-corrected chi connectivity index (χ2v) is 3.84. The lowest BCUT2D eigenvalue weighted by Gasteiger charge is -2.07. The molecular weight excluding hydrogens is 237 g/mol. The van der Waals surface area contributed by atoms with E-state index >= 15 is 0 Å². The van der Waals surface area contributed by atoms with E-state index in [0.717, 1.165) is 12.8 Å². The van der Waals surface area contributed by atoms with E-state index in [4.69, 9.17) is 16.3 Å². The van der Waals surface area contributed by atoms with Gasteiger partial charge in [0.2, 0.25) is 0 Å². The Hall–Kier alpha value is -0.960. The third-order valence-corrected chi connectivity index (χ3v) is 2.37. The number of hydrogen-bond acceptors (Lipinski definition) is 3. The maximum absolute atomic E-state index is 13.3. The molecule has 1 aliphatic rings. The van der Waals surface area contributed by atoms with Crippen LogP contribution in [0.4, 0.5) is 10.1 Å². The molecule has 2 nitrogen and oxygen atoms in total. The van der Waals surface area contributed by atoms with E-state index in [2.05, 4.69) is 22.4 Å². The Balaban J connectivity index is 2.35.